The Morgan fingerprint density at radius 3 is 2.17 bits per heavy atom. The third-order valence-electron chi connectivity index (χ3n) is 2.63. The SMILES string of the molecule is Clc1ccc(C(Br)Cc2ccc(Cl)c(Cl)c2)cc1. The molecule has 0 aliphatic rings. The first-order valence-electron chi connectivity index (χ1n) is 5.40. The van der Waals surface area contributed by atoms with Crippen LogP contribution in [-0.4, -0.2) is 0 Å². The van der Waals surface area contributed by atoms with Crippen LogP contribution in [0.2, 0.25) is 15.1 Å². The predicted molar refractivity (Wildman–Crippen MR) is 83.3 cm³/mol. The van der Waals surface area contributed by atoms with E-state index in [4.69, 9.17) is 34.8 Å². The van der Waals surface area contributed by atoms with Gasteiger partial charge >= 0.3 is 0 Å². The van der Waals surface area contributed by atoms with Gasteiger partial charge in [-0.2, -0.15) is 0 Å². The summed E-state index contributed by atoms with van der Waals surface area (Å²) in [6, 6.07) is 13.5. The van der Waals surface area contributed by atoms with E-state index in [1.807, 2.05) is 42.5 Å². The van der Waals surface area contributed by atoms with Crippen molar-refractivity contribution in [2.45, 2.75) is 11.2 Å². The fourth-order valence-corrected chi connectivity index (χ4v) is 2.79. The summed E-state index contributed by atoms with van der Waals surface area (Å²) in [5.74, 6) is 0. The van der Waals surface area contributed by atoms with E-state index in [1.165, 1.54) is 5.56 Å². The fourth-order valence-electron chi connectivity index (χ4n) is 1.66. The largest absolute Gasteiger partial charge is 0.0843 e. The predicted octanol–water partition coefficient (Wildman–Crippen LogP) is 6.33. The Kier molecular flexibility index (Phi) is 4.97. The third kappa shape index (κ3) is 3.64. The first-order chi connectivity index (χ1) is 8.56. The maximum Gasteiger partial charge on any atom is 0.0595 e. The van der Waals surface area contributed by atoms with Crippen molar-refractivity contribution in [3.8, 4) is 0 Å². The average Bonchev–Trinajstić information content (AvgIpc) is 2.34. The zero-order valence-electron chi connectivity index (χ0n) is 9.34. The van der Waals surface area contributed by atoms with Gasteiger partial charge in [0.05, 0.1) is 10.0 Å². The van der Waals surface area contributed by atoms with Crippen molar-refractivity contribution >= 4 is 50.7 Å². The Balaban J connectivity index is 2.13. The van der Waals surface area contributed by atoms with Gasteiger partial charge in [0.1, 0.15) is 0 Å². The molecule has 4 heteroatoms. The van der Waals surface area contributed by atoms with Crippen LogP contribution in [0.3, 0.4) is 0 Å². The smallest absolute Gasteiger partial charge is 0.0595 e. The number of hydrogen-bond donors (Lipinski definition) is 0. The van der Waals surface area contributed by atoms with E-state index in [0.29, 0.717) is 10.0 Å². The molecule has 2 aromatic rings. The molecule has 0 amide bonds. The molecule has 2 aromatic carbocycles. The van der Waals surface area contributed by atoms with E-state index in [9.17, 15) is 0 Å². The summed E-state index contributed by atoms with van der Waals surface area (Å²) in [5, 5.41) is 1.91. The zero-order valence-corrected chi connectivity index (χ0v) is 13.2. The van der Waals surface area contributed by atoms with E-state index < -0.39 is 0 Å². The summed E-state index contributed by atoms with van der Waals surface area (Å²) in [4.78, 5) is 0.229. The summed E-state index contributed by atoms with van der Waals surface area (Å²) in [5.41, 5.74) is 2.33. The van der Waals surface area contributed by atoms with E-state index in [0.717, 1.165) is 17.0 Å². The zero-order chi connectivity index (χ0) is 13.1. The minimum absolute atomic E-state index is 0.229. The molecule has 0 nitrogen and oxygen atoms in total. The summed E-state index contributed by atoms with van der Waals surface area (Å²) < 4.78 is 0. The Labute approximate surface area is 130 Å². The highest BCUT2D eigenvalue weighted by molar-refractivity contribution is 9.09. The van der Waals surface area contributed by atoms with Gasteiger partial charge in [-0.25, -0.2) is 0 Å². The van der Waals surface area contributed by atoms with Crippen LogP contribution < -0.4 is 0 Å². The normalized spacial score (nSPS) is 12.4. The second kappa shape index (κ2) is 6.29. The first-order valence-corrected chi connectivity index (χ1v) is 7.44. The van der Waals surface area contributed by atoms with Crippen molar-refractivity contribution in [3.63, 3.8) is 0 Å². The molecule has 0 aromatic heterocycles. The van der Waals surface area contributed by atoms with E-state index >= 15 is 0 Å². The molecule has 0 saturated heterocycles. The second-order valence-electron chi connectivity index (χ2n) is 3.97. The number of rotatable bonds is 3. The van der Waals surface area contributed by atoms with Crippen molar-refractivity contribution in [1.82, 2.24) is 0 Å². The van der Waals surface area contributed by atoms with Crippen LogP contribution in [0.1, 0.15) is 16.0 Å². The van der Waals surface area contributed by atoms with E-state index in [1.54, 1.807) is 0 Å². The summed E-state index contributed by atoms with van der Waals surface area (Å²) >= 11 is 21.4. The Bertz CT molecular complexity index is 537. The van der Waals surface area contributed by atoms with Gasteiger partial charge in [-0.15, -0.1) is 0 Å². The van der Waals surface area contributed by atoms with Crippen molar-refractivity contribution in [1.29, 1.82) is 0 Å². The van der Waals surface area contributed by atoms with Gasteiger partial charge in [0.25, 0.3) is 0 Å². The lowest BCUT2D eigenvalue weighted by Crippen LogP contribution is -1.95. The molecular formula is C14H10BrCl3. The summed E-state index contributed by atoms with van der Waals surface area (Å²) in [7, 11) is 0. The van der Waals surface area contributed by atoms with Gasteiger partial charge in [0.15, 0.2) is 0 Å². The lowest BCUT2D eigenvalue weighted by atomic mass is 10.0. The molecular weight excluding hydrogens is 354 g/mol. The Morgan fingerprint density at radius 2 is 1.56 bits per heavy atom. The Hall–Kier alpha value is -0.210. The molecule has 1 unspecified atom stereocenters. The molecule has 1 atom stereocenters. The van der Waals surface area contributed by atoms with Crippen LogP contribution in [-0.2, 0) is 6.42 Å². The van der Waals surface area contributed by atoms with Gasteiger partial charge in [-0.3, -0.25) is 0 Å². The number of alkyl halides is 1. The first kappa shape index (κ1) is 14.2. The fraction of sp³-hybridized carbons (Fsp3) is 0.143. The van der Waals surface area contributed by atoms with Crippen LogP contribution in [0, 0.1) is 0 Å². The molecule has 0 N–H and O–H groups in total. The summed E-state index contributed by atoms with van der Waals surface area (Å²) in [6.45, 7) is 0. The monoisotopic (exact) mass is 362 g/mol. The average molecular weight is 364 g/mol. The molecule has 18 heavy (non-hydrogen) atoms. The molecule has 0 fully saturated rings. The van der Waals surface area contributed by atoms with Gasteiger partial charge in [0.2, 0.25) is 0 Å². The van der Waals surface area contributed by atoms with Crippen LogP contribution in [0.4, 0.5) is 0 Å². The second-order valence-corrected chi connectivity index (χ2v) is 6.33. The standard InChI is InChI=1S/C14H10BrCl3/c15-12(10-2-4-11(16)5-3-10)7-9-1-6-13(17)14(18)8-9/h1-6,8,12H,7H2. The van der Waals surface area contributed by atoms with Gasteiger partial charge in [-0.05, 0) is 41.8 Å². The van der Waals surface area contributed by atoms with Crippen LogP contribution >= 0.6 is 50.7 Å². The minimum Gasteiger partial charge on any atom is -0.0843 e. The molecule has 0 saturated carbocycles. The highest BCUT2D eigenvalue weighted by atomic mass is 79.9. The summed E-state index contributed by atoms with van der Waals surface area (Å²) in [6.07, 6.45) is 0.846. The molecule has 94 valence electrons. The molecule has 0 heterocycles. The molecule has 0 aliphatic carbocycles. The van der Waals surface area contributed by atoms with Crippen molar-refractivity contribution in [2.75, 3.05) is 0 Å². The molecule has 0 aliphatic heterocycles. The van der Waals surface area contributed by atoms with Crippen molar-refractivity contribution in [3.05, 3.63) is 68.7 Å². The lowest BCUT2D eigenvalue weighted by Gasteiger charge is -2.11. The van der Waals surface area contributed by atoms with Crippen LogP contribution in [0.5, 0.6) is 0 Å². The molecule has 0 radical (unpaired) electrons. The number of hydrogen-bond acceptors (Lipinski definition) is 0. The quantitative estimate of drug-likeness (QED) is 0.559. The van der Waals surface area contributed by atoms with Crippen molar-refractivity contribution in [2.24, 2.45) is 0 Å². The van der Waals surface area contributed by atoms with Crippen LogP contribution in [0.25, 0.3) is 0 Å². The molecule has 0 spiro atoms. The highest BCUT2D eigenvalue weighted by Crippen LogP contribution is 2.30. The third-order valence-corrected chi connectivity index (χ3v) is 4.47. The lowest BCUT2D eigenvalue weighted by molar-refractivity contribution is 0.949. The minimum atomic E-state index is 0.229. The Morgan fingerprint density at radius 1 is 0.889 bits per heavy atom. The maximum atomic E-state index is 6.00. The number of halogens is 4. The highest BCUT2D eigenvalue weighted by Gasteiger charge is 2.09. The van der Waals surface area contributed by atoms with Gasteiger partial charge < -0.3 is 0 Å². The van der Waals surface area contributed by atoms with Crippen molar-refractivity contribution < 1.29 is 0 Å². The topological polar surface area (TPSA) is 0 Å². The molecule has 0 bridgehead atoms. The number of benzene rings is 2. The van der Waals surface area contributed by atoms with Gasteiger partial charge in [-0.1, -0.05) is 68.9 Å². The maximum absolute atomic E-state index is 6.00. The van der Waals surface area contributed by atoms with E-state index in [-0.39, 0.29) is 4.83 Å². The van der Waals surface area contributed by atoms with E-state index in [2.05, 4.69) is 15.9 Å². The van der Waals surface area contributed by atoms with Gasteiger partial charge in [0, 0.05) is 9.85 Å². The van der Waals surface area contributed by atoms with Crippen LogP contribution in [0.15, 0.2) is 42.5 Å². The molecule has 2 rings (SSSR count).